The monoisotopic (exact) mass is 204 g/mol. The Labute approximate surface area is 78.0 Å². The van der Waals surface area contributed by atoms with Crippen molar-refractivity contribution in [2.24, 2.45) is 0 Å². The highest BCUT2D eigenvalue weighted by Crippen LogP contribution is 2.10. The molecule has 0 bridgehead atoms. The molecule has 0 aliphatic rings. The zero-order valence-corrected chi connectivity index (χ0v) is 7.22. The summed E-state index contributed by atoms with van der Waals surface area (Å²) in [5.41, 5.74) is -0.162. The zero-order valence-electron chi connectivity index (χ0n) is 7.22. The van der Waals surface area contributed by atoms with Crippen molar-refractivity contribution in [3.05, 3.63) is 24.0 Å². The van der Waals surface area contributed by atoms with Crippen LogP contribution in [0.5, 0.6) is 0 Å². The highest BCUT2D eigenvalue weighted by atomic mass is 19.1. The van der Waals surface area contributed by atoms with E-state index >= 15 is 0 Å². The molecule has 6 heteroatoms. The Hall–Kier alpha value is -1.59. The van der Waals surface area contributed by atoms with Crippen LogP contribution in [0.2, 0.25) is 0 Å². The van der Waals surface area contributed by atoms with Crippen LogP contribution in [0.3, 0.4) is 0 Å². The number of carbonyl (C=O) groups excluding carboxylic acids is 1. The van der Waals surface area contributed by atoms with Gasteiger partial charge in [0, 0.05) is 17.8 Å². The van der Waals surface area contributed by atoms with Crippen LogP contribution in [0.25, 0.3) is 0 Å². The van der Waals surface area contributed by atoms with E-state index in [9.17, 15) is 18.0 Å². The predicted molar refractivity (Wildman–Crippen MR) is 43.4 cm³/mol. The Morgan fingerprint density at radius 2 is 1.93 bits per heavy atom. The highest BCUT2D eigenvalue weighted by Gasteiger charge is 2.12. The summed E-state index contributed by atoms with van der Waals surface area (Å²) in [4.78, 5) is 13.6. The van der Waals surface area contributed by atoms with E-state index in [1.807, 2.05) is 5.32 Å². The van der Waals surface area contributed by atoms with Gasteiger partial charge in [0.15, 0.2) is 6.17 Å². The molecule has 0 spiro atoms. The maximum absolute atomic E-state index is 12.5. The van der Waals surface area contributed by atoms with Gasteiger partial charge in [-0.1, -0.05) is 0 Å². The van der Waals surface area contributed by atoms with Crippen molar-refractivity contribution < 1.29 is 18.0 Å². The summed E-state index contributed by atoms with van der Waals surface area (Å²) in [5, 5.41) is 1.99. The van der Waals surface area contributed by atoms with Crippen molar-refractivity contribution in [3.63, 3.8) is 0 Å². The summed E-state index contributed by atoms with van der Waals surface area (Å²) < 4.78 is 37.3. The number of pyridine rings is 1. The van der Waals surface area contributed by atoms with E-state index in [4.69, 9.17) is 0 Å². The molecule has 0 aliphatic carbocycles. The Morgan fingerprint density at radius 1 is 1.43 bits per heavy atom. The number of hydrogen-bond donors (Lipinski definition) is 1. The molecule has 76 valence electrons. The van der Waals surface area contributed by atoms with E-state index in [0.717, 1.165) is 19.1 Å². The normalized spacial score (nSPS) is 12.3. The molecule has 1 heterocycles. The minimum atomic E-state index is -1.74. The van der Waals surface area contributed by atoms with E-state index in [1.54, 1.807) is 0 Å². The van der Waals surface area contributed by atoms with Crippen molar-refractivity contribution in [3.8, 4) is 0 Å². The quantitative estimate of drug-likeness (QED) is 0.744. The number of carbonyl (C=O) groups is 1. The molecule has 1 aromatic rings. The van der Waals surface area contributed by atoms with E-state index in [-0.39, 0.29) is 5.69 Å². The van der Waals surface area contributed by atoms with Gasteiger partial charge in [-0.3, -0.25) is 4.79 Å². The van der Waals surface area contributed by atoms with Crippen molar-refractivity contribution in [2.45, 2.75) is 13.1 Å². The lowest BCUT2D eigenvalue weighted by Crippen LogP contribution is -2.21. The molecule has 0 aromatic carbocycles. The third-order valence-electron chi connectivity index (χ3n) is 1.39. The Balaban J connectivity index is 2.82. The van der Waals surface area contributed by atoms with Gasteiger partial charge in [0.25, 0.3) is 5.91 Å². The number of alkyl halides is 1. The van der Waals surface area contributed by atoms with E-state index in [0.29, 0.717) is 0 Å². The largest absolute Gasteiger partial charge is 0.323 e. The molecule has 1 atom stereocenters. The molecular formula is C8H7F3N2O. The smallest absolute Gasteiger partial charge is 0.258 e. The molecule has 1 N–H and O–H groups in total. The van der Waals surface area contributed by atoms with Crippen LogP contribution >= 0.6 is 0 Å². The summed E-state index contributed by atoms with van der Waals surface area (Å²) in [6, 6.07) is 1.59. The van der Waals surface area contributed by atoms with Gasteiger partial charge in [-0.15, -0.1) is 0 Å². The minimum absolute atomic E-state index is 0.162. The van der Waals surface area contributed by atoms with Gasteiger partial charge in [-0.05, 0) is 6.92 Å². The molecule has 3 nitrogen and oxygen atoms in total. The summed E-state index contributed by atoms with van der Waals surface area (Å²) >= 11 is 0. The number of anilines is 1. The minimum Gasteiger partial charge on any atom is -0.323 e. The SMILES string of the molecule is CC(F)C(=O)Nc1cc(F)nc(F)c1. The lowest BCUT2D eigenvalue weighted by molar-refractivity contribution is -0.120. The van der Waals surface area contributed by atoms with Gasteiger partial charge in [0.2, 0.25) is 11.9 Å². The molecular weight excluding hydrogens is 197 g/mol. The summed E-state index contributed by atoms with van der Waals surface area (Å²) in [6.07, 6.45) is -1.74. The number of nitrogens with one attached hydrogen (secondary N) is 1. The second-order valence-corrected chi connectivity index (χ2v) is 2.61. The maximum atomic E-state index is 12.5. The lowest BCUT2D eigenvalue weighted by atomic mass is 10.3. The molecule has 1 aromatic heterocycles. The van der Waals surface area contributed by atoms with Crippen LogP contribution in [0.1, 0.15) is 6.92 Å². The molecule has 1 amide bonds. The number of aromatic nitrogens is 1. The third kappa shape index (κ3) is 2.72. The lowest BCUT2D eigenvalue weighted by Gasteiger charge is -2.05. The van der Waals surface area contributed by atoms with Crippen LogP contribution in [-0.4, -0.2) is 17.1 Å². The van der Waals surface area contributed by atoms with Gasteiger partial charge >= 0.3 is 0 Å². The topological polar surface area (TPSA) is 42.0 Å². The first-order valence-corrected chi connectivity index (χ1v) is 3.77. The van der Waals surface area contributed by atoms with Crippen LogP contribution in [0, 0.1) is 11.9 Å². The molecule has 1 rings (SSSR count). The van der Waals surface area contributed by atoms with E-state index in [1.165, 1.54) is 0 Å². The Kier molecular flexibility index (Phi) is 3.06. The highest BCUT2D eigenvalue weighted by molar-refractivity contribution is 5.93. The fraction of sp³-hybridized carbons (Fsp3) is 0.250. The van der Waals surface area contributed by atoms with Crippen molar-refractivity contribution in [1.29, 1.82) is 0 Å². The van der Waals surface area contributed by atoms with Gasteiger partial charge < -0.3 is 5.32 Å². The first-order chi connectivity index (χ1) is 6.49. The standard InChI is InChI=1S/C8H7F3N2O/c1-4(9)8(14)12-5-2-6(10)13-7(11)3-5/h2-4H,1H3,(H,12,13,14). The van der Waals surface area contributed by atoms with Crippen LogP contribution < -0.4 is 5.32 Å². The van der Waals surface area contributed by atoms with Gasteiger partial charge in [-0.2, -0.15) is 13.8 Å². The predicted octanol–water partition coefficient (Wildman–Crippen LogP) is 1.66. The second kappa shape index (κ2) is 4.08. The van der Waals surface area contributed by atoms with Gasteiger partial charge in [0.05, 0.1) is 0 Å². The fourth-order valence-electron chi connectivity index (χ4n) is 0.779. The Bertz CT molecular complexity index is 334. The number of rotatable bonds is 2. The summed E-state index contributed by atoms with van der Waals surface area (Å²) in [7, 11) is 0. The van der Waals surface area contributed by atoms with Gasteiger partial charge in [-0.25, -0.2) is 4.39 Å². The molecule has 0 fully saturated rings. The van der Waals surface area contributed by atoms with E-state index in [2.05, 4.69) is 4.98 Å². The van der Waals surface area contributed by atoms with Crippen molar-refractivity contribution >= 4 is 11.6 Å². The summed E-state index contributed by atoms with van der Waals surface area (Å²) in [6.45, 7) is 1.02. The number of halogens is 3. The van der Waals surface area contributed by atoms with Crippen LogP contribution in [-0.2, 0) is 4.79 Å². The molecule has 0 saturated carbocycles. The first kappa shape index (κ1) is 10.5. The Morgan fingerprint density at radius 3 is 2.36 bits per heavy atom. The molecule has 14 heavy (non-hydrogen) atoms. The summed E-state index contributed by atoms with van der Waals surface area (Å²) in [5.74, 6) is -3.12. The number of hydrogen-bond acceptors (Lipinski definition) is 2. The van der Waals surface area contributed by atoms with Crippen molar-refractivity contribution in [2.75, 3.05) is 5.32 Å². The zero-order chi connectivity index (χ0) is 10.7. The van der Waals surface area contributed by atoms with Crippen molar-refractivity contribution in [1.82, 2.24) is 4.98 Å². The fourth-order valence-corrected chi connectivity index (χ4v) is 0.779. The average Bonchev–Trinajstić information content (AvgIpc) is 2.01. The molecule has 0 aliphatic heterocycles. The number of amides is 1. The second-order valence-electron chi connectivity index (χ2n) is 2.61. The van der Waals surface area contributed by atoms with Gasteiger partial charge in [0.1, 0.15) is 0 Å². The number of nitrogens with zero attached hydrogens (tertiary/aromatic N) is 1. The maximum Gasteiger partial charge on any atom is 0.258 e. The molecule has 1 unspecified atom stereocenters. The third-order valence-corrected chi connectivity index (χ3v) is 1.39. The molecule has 0 saturated heterocycles. The molecule has 0 radical (unpaired) electrons. The average molecular weight is 204 g/mol. The first-order valence-electron chi connectivity index (χ1n) is 3.77. The van der Waals surface area contributed by atoms with E-state index < -0.39 is 24.0 Å². The van der Waals surface area contributed by atoms with Crippen LogP contribution in [0.4, 0.5) is 18.9 Å². The van der Waals surface area contributed by atoms with Crippen LogP contribution in [0.15, 0.2) is 12.1 Å².